The van der Waals surface area contributed by atoms with Crippen LogP contribution in [-0.2, 0) is 11.2 Å². The predicted octanol–water partition coefficient (Wildman–Crippen LogP) is 6.31. The maximum atomic E-state index is 12.0. The Morgan fingerprint density at radius 1 is 1.22 bits per heavy atom. The van der Waals surface area contributed by atoms with E-state index in [2.05, 4.69) is 24.1 Å². The number of hydrogen-bond acceptors (Lipinski definition) is 7. The molecule has 0 unspecified atom stereocenters. The van der Waals surface area contributed by atoms with Crippen LogP contribution < -0.4 is 10.1 Å². The Labute approximate surface area is 218 Å². The van der Waals surface area contributed by atoms with Gasteiger partial charge in [0.1, 0.15) is 23.7 Å². The van der Waals surface area contributed by atoms with Gasteiger partial charge in [-0.25, -0.2) is 14.5 Å². The van der Waals surface area contributed by atoms with Gasteiger partial charge < -0.3 is 19.9 Å². The van der Waals surface area contributed by atoms with Crippen molar-refractivity contribution in [3.63, 3.8) is 0 Å². The highest BCUT2D eigenvalue weighted by molar-refractivity contribution is 7.13. The zero-order chi connectivity index (χ0) is 25.7. The van der Waals surface area contributed by atoms with E-state index in [1.54, 1.807) is 36.2 Å². The third-order valence-corrected chi connectivity index (χ3v) is 6.49. The first-order valence-electron chi connectivity index (χ1n) is 11.4. The van der Waals surface area contributed by atoms with Gasteiger partial charge in [0.05, 0.1) is 17.3 Å². The highest BCUT2D eigenvalue weighted by Crippen LogP contribution is 2.31. The summed E-state index contributed by atoms with van der Waals surface area (Å²) in [6, 6.07) is 12.8. The summed E-state index contributed by atoms with van der Waals surface area (Å²) in [5.74, 6) is 0.582. The number of anilines is 2. The van der Waals surface area contributed by atoms with E-state index in [1.165, 1.54) is 11.3 Å². The van der Waals surface area contributed by atoms with Gasteiger partial charge in [-0.1, -0.05) is 31.5 Å². The molecule has 3 aromatic heterocycles. The number of ether oxygens (including phenoxy) is 2. The van der Waals surface area contributed by atoms with E-state index in [-0.39, 0.29) is 11.4 Å². The van der Waals surface area contributed by atoms with Gasteiger partial charge in [0, 0.05) is 35.5 Å². The van der Waals surface area contributed by atoms with Crippen LogP contribution in [0.25, 0.3) is 16.1 Å². The van der Waals surface area contributed by atoms with Crippen molar-refractivity contribution in [3.8, 4) is 21.9 Å². The molecule has 0 amide bonds. The number of carboxylic acid groups (broad SMARTS) is 1. The summed E-state index contributed by atoms with van der Waals surface area (Å²) in [6.07, 6.45) is 2.42. The minimum absolute atomic E-state index is 0.0708. The minimum atomic E-state index is -1.07. The highest BCUT2D eigenvalue weighted by atomic mass is 35.5. The van der Waals surface area contributed by atoms with Crippen molar-refractivity contribution in [2.75, 3.05) is 25.6 Å². The second-order valence-corrected chi connectivity index (χ2v) is 9.87. The number of pyridine rings is 1. The van der Waals surface area contributed by atoms with E-state index in [0.29, 0.717) is 35.7 Å². The Morgan fingerprint density at radius 2 is 2.06 bits per heavy atom. The molecule has 3 heterocycles. The maximum absolute atomic E-state index is 12.0. The fourth-order valence-electron chi connectivity index (χ4n) is 3.67. The van der Waals surface area contributed by atoms with E-state index in [0.717, 1.165) is 28.2 Å². The van der Waals surface area contributed by atoms with E-state index in [1.807, 2.05) is 29.6 Å². The van der Waals surface area contributed by atoms with Crippen molar-refractivity contribution in [2.24, 2.45) is 5.92 Å². The number of aromatic carboxylic acids is 1. The first kappa shape index (κ1) is 25.7. The van der Waals surface area contributed by atoms with Crippen LogP contribution in [-0.4, -0.2) is 46.2 Å². The number of thiophene rings is 1. The first-order valence-corrected chi connectivity index (χ1v) is 12.7. The highest BCUT2D eigenvalue weighted by Gasteiger charge is 2.18. The number of rotatable bonds is 11. The molecule has 8 nitrogen and oxygen atoms in total. The molecule has 0 atom stereocenters. The smallest absolute Gasteiger partial charge is 0.339 e. The standard InChI is InChI=1S/C26H27ClN4O4S/c1-16(2)11-19-14-24(30-31(19)18-6-7-22(21(27)13-18)35-9-8-34-3)29-25-20(26(32)33)12-17(15-28-25)23-5-4-10-36-23/h4-7,10,12-16H,8-9,11H2,1-3H3,(H,32,33)(H,28,29,30). The van der Waals surface area contributed by atoms with Gasteiger partial charge in [-0.05, 0) is 48.1 Å². The second kappa shape index (κ2) is 11.6. The van der Waals surface area contributed by atoms with Crippen molar-refractivity contribution < 1.29 is 19.4 Å². The summed E-state index contributed by atoms with van der Waals surface area (Å²) in [4.78, 5) is 17.4. The van der Waals surface area contributed by atoms with Crippen LogP contribution in [0.4, 0.5) is 11.6 Å². The number of nitrogens with one attached hydrogen (secondary N) is 1. The summed E-state index contributed by atoms with van der Waals surface area (Å²) < 4.78 is 12.5. The number of methoxy groups -OCH3 is 1. The molecule has 0 aliphatic rings. The Balaban J connectivity index is 1.65. The van der Waals surface area contributed by atoms with Crippen LogP contribution in [0.5, 0.6) is 5.75 Å². The van der Waals surface area contributed by atoms with Crippen LogP contribution in [0, 0.1) is 5.92 Å². The van der Waals surface area contributed by atoms with Crippen LogP contribution in [0.15, 0.2) is 54.0 Å². The van der Waals surface area contributed by atoms with Crippen LogP contribution >= 0.6 is 22.9 Å². The first-order chi connectivity index (χ1) is 17.4. The Hall–Kier alpha value is -3.40. The van der Waals surface area contributed by atoms with E-state index < -0.39 is 5.97 Å². The van der Waals surface area contributed by atoms with Crippen molar-refractivity contribution >= 4 is 40.5 Å². The minimum Gasteiger partial charge on any atom is -0.490 e. The van der Waals surface area contributed by atoms with E-state index in [4.69, 9.17) is 26.2 Å². The van der Waals surface area contributed by atoms with Crippen LogP contribution in [0.1, 0.15) is 29.9 Å². The largest absolute Gasteiger partial charge is 0.490 e. The number of nitrogens with zero attached hydrogens (tertiary/aromatic N) is 3. The number of aromatic nitrogens is 3. The lowest BCUT2D eigenvalue weighted by Gasteiger charge is -2.12. The molecule has 0 aliphatic carbocycles. The van der Waals surface area contributed by atoms with Gasteiger partial charge in [-0.15, -0.1) is 16.4 Å². The molecule has 4 rings (SSSR count). The van der Waals surface area contributed by atoms with Crippen molar-refractivity contribution in [2.45, 2.75) is 20.3 Å². The Bertz CT molecular complexity index is 1340. The van der Waals surface area contributed by atoms with Gasteiger partial charge in [0.15, 0.2) is 5.82 Å². The SMILES string of the molecule is COCCOc1ccc(-n2nc(Nc3ncc(-c4cccs4)cc3C(=O)O)cc2CC(C)C)cc1Cl. The lowest BCUT2D eigenvalue weighted by atomic mass is 10.1. The molecule has 0 saturated heterocycles. The monoisotopic (exact) mass is 526 g/mol. The van der Waals surface area contributed by atoms with Crippen molar-refractivity contribution in [1.82, 2.24) is 14.8 Å². The summed E-state index contributed by atoms with van der Waals surface area (Å²) in [6.45, 7) is 5.11. The van der Waals surface area contributed by atoms with Gasteiger partial charge in [-0.3, -0.25) is 0 Å². The van der Waals surface area contributed by atoms with Gasteiger partial charge in [-0.2, -0.15) is 0 Å². The van der Waals surface area contributed by atoms with Gasteiger partial charge >= 0.3 is 5.97 Å². The third kappa shape index (κ3) is 6.04. The predicted molar refractivity (Wildman–Crippen MR) is 142 cm³/mol. The summed E-state index contributed by atoms with van der Waals surface area (Å²) >= 11 is 8.00. The van der Waals surface area contributed by atoms with Crippen molar-refractivity contribution in [1.29, 1.82) is 0 Å². The lowest BCUT2D eigenvalue weighted by molar-refractivity contribution is 0.0697. The van der Waals surface area contributed by atoms with Gasteiger partial charge in [0.2, 0.25) is 0 Å². The number of hydrogen-bond donors (Lipinski definition) is 2. The third-order valence-electron chi connectivity index (χ3n) is 5.28. The number of carboxylic acids is 1. The molecule has 0 bridgehead atoms. The summed E-state index contributed by atoms with van der Waals surface area (Å²) in [5.41, 5.74) is 2.54. The molecule has 0 aliphatic heterocycles. The molecular formula is C26H27ClN4O4S. The number of carbonyl (C=O) groups is 1. The second-order valence-electron chi connectivity index (χ2n) is 8.51. The zero-order valence-corrected chi connectivity index (χ0v) is 21.8. The number of benzene rings is 1. The molecule has 188 valence electrons. The van der Waals surface area contributed by atoms with E-state index in [9.17, 15) is 9.90 Å². The molecule has 4 aromatic rings. The lowest BCUT2D eigenvalue weighted by Crippen LogP contribution is -2.07. The zero-order valence-electron chi connectivity index (χ0n) is 20.2. The molecule has 1 aromatic carbocycles. The average molecular weight is 527 g/mol. The molecule has 0 fully saturated rings. The Morgan fingerprint density at radius 3 is 2.72 bits per heavy atom. The molecule has 0 spiro atoms. The van der Waals surface area contributed by atoms with Crippen molar-refractivity contribution in [3.05, 3.63) is 70.3 Å². The number of halogens is 1. The molecular weight excluding hydrogens is 500 g/mol. The molecule has 0 saturated carbocycles. The normalized spacial score (nSPS) is 11.1. The average Bonchev–Trinajstić information content (AvgIpc) is 3.50. The summed E-state index contributed by atoms with van der Waals surface area (Å²) in [5, 5.41) is 20.0. The molecule has 36 heavy (non-hydrogen) atoms. The van der Waals surface area contributed by atoms with E-state index >= 15 is 0 Å². The van der Waals surface area contributed by atoms with Gasteiger partial charge in [0.25, 0.3) is 0 Å². The molecule has 10 heteroatoms. The topological polar surface area (TPSA) is 98.5 Å². The van der Waals surface area contributed by atoms with Crippen LogP contribution in [0.2, 0.25) is 5.02 Å². The summed E-state index contributed by atoms with van der Waals surface area (Å²) in [7, 11) is 1.61. The molecule has 0 radical (unpaired) electrons. The quantitative estimate of drug-likeness (QED) is 0.221. The maximum Gasteiger partial charge on any atom is 0.339 e. The fraction of sp³-hybridized carbons (Fsp3) is 0.269. The Kier molecular flexibility index (Phi) is 8.25. The fourth-order valence-corrected chi connectivity index (χ4v) is 4.61. The molecule has 2 N–H and O–H groups in total. The van der Waals surface area contributed by atoms with Crippen LogP contribution in [0.3, 0.4) is 0 Å².